The lowest BCUT2D eigenvalue weighted by Gasteiger charge is -2.24. The van der Waals surface area contributed by atoms with E-state index in [2.05, 4.69) is 13.2 Å². The standard InChI is InChI=1S/C12H16N2/c1-9(2)14(10(3)4)12-7-5-11(13)6-8-12/h5-8H,1,3,13H2,2,4H3. The van der Waals surface area contributed by atoms with Gasteiger partial charge in [-0.3, -0.25) is 0 Å². The highest BCUT2D eigenvalue weighted by molar-refractivity contribution is 5.59. The van der Waals surface area contributed by atoms with Crippen LogP contribution in [-0.4, -0.2) is 0 Å². The fourth-order valence-corrected chi connectivity index (χ4v) is 1.39. The Morgan fingerprint density at radius 1 is 1.07 bits per heavy atom. The molecule has 0 heterocycles. The van der Waals surface area contributed by atoms with Crippen molar-refractivity contribution in [2.75, 3.05) is 10.6 Å². The molecule has 0 spiro atoms. The zero-order chi connectivity index (χ0) is 10.7. The van der Waals surface area contributed by atoms with Crippen LogP contribution < -0.4 is 10.6 Å². The molecule has 1 rings (SSSR count). The molecule has 0 fully saturated rings. The molecule has 2 heteroatoms. The molecule has 0 aliphatic carbocycles. The summed E-state index contributed by atoms with van der Waals surface area (Å²) in [5, 5.41) is 0. The molecule has 0 aliphatic heterocycles. The molecule has 0 atom stereocenters. The van der Waals surface area contributed by atoms with Gasteiger partial charge >= 0.3 is 0 Å². The maximum atomic E-state index is 5.62. The summed E-state index contributed by atoms with van der Waals surface area (Å²) in [5.41, 5.74) is 9.31. The highest BCUT2D eigenvalue weighted by Gasteiger charge is 2.06. The lowest BCUT2D eigenvalue weighted by atomic mass is 10.2. The predicted octanol–water partition coefficient (Wildman–Crippen LogP) is 3.14. The number of anilines is 2. The largest absolute Gasteiger partial charge is 0.399 e. The zero-order valence-electron chi connectivity index (χ0n) is 8.75. The van der Waals surface area contributed by atoms with Crippen LogP contribution in [0.25, 0.3) is 0 Å². The van der Waals surface area contributed by atoms with E-state index < -0.39 is 0 Å². The van der Waals surface area contributed by atoms with Crippen molar-refractivity contribution in [3.63, 3.8) is 0 Å². The van der Waals surface area contributed by atoms with Crippen LogP contribution in [0.3, 0.4) is 0 Å². The number of nitrogen functional groups attached to an aromatic ring is 1. The van der Waals surface area contributed by atoms with Crippen LogP contribution in [-0.2, 0) is 0 Å². The van der Waals surface area contributed by atoms with Crippen molar-refractivity contribution in [2.24, 2.45) is 0 Å². The van der Waals surface area contributed by atoms with Gasteiger partial charge in [0, 0.05) is 22.8 Å². The van der Waals surface area contributed by atoms with Crippen molar-refractivity contribution < 1.29 is 0 Å². The summed E-state index contributed by atoms with van der Waals surface area (Å²) in [6.45, 7) is 11.7. The van der Waals surface area contributed by atoms with E-state index in [0.29, 0.717) is 0 Å². The summed E-state index contributed by atoms with van der Waals surface area (Å²) in [4.78, 5) is 1.99. The molecular formula is C12H16N2. The SMILES string of the molecule is C=C(C)N(C(=C)C)c1ccc(N)cc1. The minimum absolute atomic E-state index is 0.761. The van der Waals surface area contributed by atoms with Crippen LogP contribution in [0.5, 0.6) is 0 Å². The van der Waals surface area contributed by atoms with Gasteiger partial charge in [0.25, 0.3) is 0 Å². The monoisotopic (exact) mass is 188 g/mol. The summed E-state index contributed by atoms with van der Waals surface area (Å²) in [6, 6.07) is 7.65. The van der Waals surface area contributed by atoms with Crippen LogP contribution in [0.4, 0.5) is 11.4 Å². The summed E-state index contributed by atoms with van der Waals surface area (Å²) < 4.78 is 0. The molecule has 0 unspecified atom stereocenters. The van der Waals surface area contributed by atoms with E-state index in [0.717, 1.165) is 22.8 Å². The van der Waals surface area contributed by atoms with E-state index in [1.807, 2.05) is 43.0 Å². The van der Waals surface area contributed by atoms with E-state index in [1.54, 1.807) is 0 Å². The molecule has 1 aromatic rings. The topological polar surface area (TPSA) is 29.3 Å². The molecule has 1 aromatic carbocycles. The number of hydrogen-bond acceptors (Lipinski definition) is 2. The molecule has 0 saturated heterocycles. The predicted molar refractivity (Wildman–Crippen MR) is 63.0 cm³/mol. The average Bonchev–Trinajstić information content (AvgIpc) is 2.07. The van der Waals surface area contributed by atoms with Crippen molar-refractivity contribution in [2.45, 2.75) is 13.8 Å². The Kier molecular flexibility index (Phi) is 2.97. The molecule has 0 amide bonds. The highest BCUT2D eigenvalue weighted by Crippen LogP contribution is 2.23. The van der Waals surface area contributed by atoms with Gasteiger partial charge in [-0.05, 0) is 38.1 Å². The van der Waals surface area contributed by atoms with Crippen LogP contribution in [0.1, 0.15) is 13.8 Å². The van der Waals surface area contributed by atoms with Crippen LogP contribution in [0.15, 0.2) is 48.8 Å². The minimum Gasteiger partial charge on any atom is -0.399 e. The molecular weight excluding hydrogens is 172 g/mol. The lowest BCUT2D eigenvalue weighted by molar-refractivity contribution is 1.08. The average molecular weight is 188 g/mol. The fourth-order valence-electron chi connectivity index (χ4n) is 1.39. The number of benzene rings is 1. The first-order valence-electron chi connectivity index (χ1n) is 4.49. The van der Waals surface area contributed by atoms with E-state index in [9.17, 15) is 0 Å². The molecule has 2 N–H and O–H groups in total. The second-order valence-electron chi connectivity index (χ2n) is 3.40. The Morgan fingerprint density at radius 3 is 1.86 bits per heavy atom. The third-order valence-corrected chi connectivity index (χ3v) is 1.91. The maximum absolute atomic E-state index is 5.62. The van der Waals surface area contributed by atoms with Crippen molar-refractivity contribution in [3.05, 3.63) is 48.8 Å². The number of nitrogens with zero attached hydrogens (tertiary/aromatic N) is 1. The van der Waals surface area contributed by atoms with Gasteiger partial charge in [0.1, 0.15) is 0 Å². The van der Waals surface area contributed by atoms with Crippen LogP contribution >= 0.6 is 0 Å². The number of hydrogen-bond donors (Lipinski definition) is 1. The van der Waals surface area contributed by atoms with Gasteiger partial charge in [0.05, 0.1) is 0 Å². The lowest BCUT2D eigenvalue weighted by Crippen LogP contribution is -2.16. The summed E-state index contributed by atoms with van der Waals surface area (Å²) in [6.07, 6.45) is 0. The smallest absolute Gasteiger partial charge is 0.0455 e. The second-order valence-corrected chi connectivity index (χ2v) is 3.40. The molecule has 14 heavy (non-hydrogen) atoms. The summed E-state index contributed by atoms with van der Waals surface area (Å²) in [7, 11) is 0. The van der Waals surface area contributed by atoms with E-state index >= 15 is 0 Å². The third-order valence-electron chi connectivity index (χ3n) is 1.91. The molecule has 0 radical (unpaired) electrons. The van der Waals surface area contributed by atoms with Gasteiger partial charge in [0.15, 0.2) is 0 Å². The Labute approximate surface area is 85.3 Å². The first-order chi connectivity index (χ1) is 6.52. The molecule has 74 valence electrons. The third kappa shape index (κ3) is 2.16. The summed E-state index contributed by atoms with van der Waals surface area (Å²) in [5.74, 6) is 0. The zero-order valence-corrected chi connectivity index (χ0v) is 8.75. The van der Waals surface area contributed by atoms with Gasteiger partial charge in [-0.15, -0.1) is 0 Å². The molecule has 0 aromatic heterocycles. The number of allylic oxidation sites excluding steroid dienone is 2. The van der Waals surface area contributed by atoms with Crippen LogP contribution in [0.2, 0.25) is 0 Å². The summed E-state index contributed by atoms with van der Waals surface area (Å²) >= 11 is 0. The first kappa shape index (κ1) is 10.4. The minimum atomic E-state index is 0.761. The molecule has 0 aliphatic rings. The molecule has 0 bridgehead atoms. The maximum Gasteiger partial charge on any atom is 0.0455 e. The van der Waals surface area contributed by atoms with Crippen molar-refractivity contribution in [1.29, 1.82) is 0 Å². The molecule has 0 saturated carbocycles. The van der Waals surface area contributed by atoms with Crippen LogP contribution in [0, 0.1) is 0 Å². The number of nitrogens with two attached hydrogens (primary N) is 1. The van der Waals surface area contributed by atoms with E-state index in [-0.39, 0.29) is 0 Å². The Morgan fingerprint density at radius 2 is 1.50 bits per heavy atom. The van der Waals surface area contributed by atoms with E-state index in [4.69, 9.17) is 5.73 Å². The number of rotatable bonds is 3. The van der Waals surface area contributed by atoms with Gasteiger partial charge < -0.3 is 10.6 Å². The van der Waals surface area contributed by atoms with Gasteiger partial charge in [0.2, 0.25) is 0 Å². The van der Waals surface area contributed by atoms with Gasteiger partial charge in [-0.25, -0.2) is 0 Å². The van der Waals surface area contributed by atoms with E-state index in [1.165, 1.54) is 0 Å². The first-order valence-corrected chi connectivity index (χ1v) is 4.49. The van der Waals surface area contributed by atoms with Crippen molar-refractivity contribution in [3.8, 4) is 0 Å². The van der Waals surface area contributed by atoms with Gasteiger partial charge in [-0.2, -0.15) is 0 Å². The normalized spacial score (nSPS) is 9.57. The van der Waals surface area contributed by atoms with Gasteiger partial charge in [-0.1, -0.05) is 13.2 Å². The Balaban J connectivity index is 3.06. The second kappa shape index (κ2) is 4.01. The molecule has 2 nitrogen and oxygen atoms in total. The van der Waals surface area contributed by atoms with Crippen molar-refractivity contribution >= 4 is 11.4 Å². The fraction of sp³-hybridized carbons (Fsp3) is 0.167. The highest BCUT2D eigenvalue weighted by atomic mass is 15.1. The quantitative estimate of drug-likeness (QED) is 0.738. The Hall–Kier alpha value is -1.70. The van der Waals surface area contributed by atoms with Crippen molar-refractivity contribution in [1.82, 2.24) is 0 Å². The Bertz CT molecular complexity index is 335.